The Morgan fingerprint density at radius 1 is 1.28 bits per heavy atom. The summed E-state index contributed by atoms with van der Waals surface area (Å²) in [5.41, 5.74) is -0.0103. The first-order valence-electron chi connectivity index (χ1n) is 5.83. The number of nitrogens with zero attached hydrogens (tertiary/aromatic N) is 5. The van der Waals surface area contributed by atoms with Crippen LogP contribution in [0, 0.1) is 6.92 Å². The zero-order chi connectivity index (χ0) is 13.3. The predicted octanol–water partition coefficient (Wildman–Crippen LogP) is 2.91. The molecule has 0 saturated heterocycles. The van der Waals surface area contributed by atoms with Gasteiger partial charge in [0.1, 0.15) is 11.6 Å². The standard InChI is InChI=1S/C11H17N5S2/c1-6-16-7(2)13-14-9(16)17-10-12-8(15-18-10)11(3,4)5/h6H2,1-5H3. The molecule has 7 heteroatoms. The van der Waals surface area contributed by atoms with Gasteiger partial charge in [-0.2, -0.15) is 4.37 Å². The Morgan fingerprint density at radius 2 is 2.00 bits per heavy atom. The maximum Gasteiger partial charge on any atom is 0.198 e. The second-order valence-electron chi connectivity index (χ2n) is 5.01. The number of hydrogen-bond acceptors (Lipinski definition) is 6. The third kappa shape index (κ3) is 2.72. The van der Waals surface area contributed by atoms with Gasteiger partial charge in [-0.1, -0.05) is 20.8 Å². The highest BCUT2D eigenvalue weighted by molar-refractivity contribution is 8.00. The van der Waals surface area contributed by atoms with Gasteiger partial charge in [-0.25, -0.2) is 4.98 Å². The van der Waals surface area contributed by atoms with Gasteiger partial charge in [0.05, 0.1) is 0 Å². The van der Waals surface area contributed by atoms with Gasteiger partial charge < -0.3 is 4.57 Å². The molecule has 5 nitrogen and oxygen atoms in total. The van der Waals surface area contributed by atoms with Crippen LogP contribution in [0.4, 0.5) is 0 Å². The highest BCUT2D eigenvalue weighted by atomic mass is 32.2. The van der Waals surface area contributed by atoms with Crippen molar-refractivity contribution in [2.75, 3.05) is 0 Å². The van der Waals surface area contributed by atoms with Crippen LogP contribution in [0.2, 0.25) is 0 Å². The van der Waals surface area contributed by atoms with Crippen LogP contribution in [0.3, 0.4) is 0 Å². The van der Waals surface area contributed by atoms with E-state index in [0.29, 0.717) is 0 Å². The minimum atomic E-state index is -0.0103. The van der Waals surface area contributed by atoms with Crippen LogP contribution < -0.4 is 0 Å². The highest BCUT2D eigenvalue weighted by Crippen LogP contribution is 2.30. The Labute approximate surface area is 115 Å². The zero-order valence-corrected chi connectivity index (χ0v) is 12.9. The Hall–Kier alpha value is -0.950. The molecule has 98 valence electrons. The van der Waals surface area contributed by atoms with E-state index in [2.05, 4.69) is 51.8 Å². The van der Waals surface area contributed by atoms with Crippen molar-refractivity contribution in [1.29, 1.82) is 0 Å². The summed E-state index contributed by atoms with van der Waals surface area (Å²) in [4.78, 5) is 4.55. The van der Waals surface area contributed by atoms with Gasteiger partial charge in [0.2, 0.25) is 0 Å². The van der Waals surface area contributed by atoms with Gasteiger partial charge in [0.15, 0.2) is 9.50 Å². The minimum absolute atomic E-state index is 0.0103. The maximum atomic E-state index is 4.55. The average molecular weight is 283 g/mol. The Morgan fingerprint density at radius 3 is 2.56 bits per heavy atom. The predicted molar refractivity (Wildman–Crippen MR) is 73.2 cm³/mol. The van der Waals surface area contributed by atoms with Crippen molar-refractivity contribution in [3.63, 3.8) is 0 Å². The van der Waals surface area contributed by atoms with E-state index in [1.807, 2.05) is 6.92 Å². The first kappa shape index (κ1) is 13.5. The van der Waals surface area contributed by atoms with Crippen LogP contribution >= 0.6 is 23.3 Å². The van der Waals surface area contributed by atoms with Gasteiger partial charge in [-0.15, -0.1) is 10.2 Å². The zero-order valence-electron chi connectivity index (χ0n) is 11.3. The summed E-state index contributed by atoms with van der Waals surface area (Å²) in [7, 11) is 0. The third-order valence-electron chi connectivity index (χ3n) is 2.47. The minimum Gasteiger partial charge on any atom is -0.306 e. The molecular formula is C11H17N5S2. The SMILES string of the molecule is CCn1c(C)nnc1Sc1nc(C(C)(C)C)ns1. The van der Waals surface area contributed by atoms with Gasteiger partial charge in [0.25, 0.3) is 0 Å². The van der Waals surface area contributed by atoms with Crippen molar-refractivity contribution < 1.29 is 0 Å². The Balaban J connectivity index is 2.21. The number of aryl methyl sites for hydroxylation is 1. The van der Waals surface area contributed by atoms with Crippen LogP contribution in [0.1, 0.15) is 39.3 Å². The topological polar surface area (TPSA) is 56.5 Å². The average Bonchev–Trinajstić information content (AvgIpc) is 2.86. The summed E-state index contributed by atoms with van der Waals surface area (Å²) in [6.07, 6.45) is 0. The molecule has 2 rings (SSSR count). The van der Waals surface area contributed by atoms with Gasteiger partial charge in [-0.3, -0.25) is 0 Å². The fourth-order valence-electron chi connectivity index (χ4n) is 1.43. The molecule has 0 aliphatic carbocycles. The van der Waals surface area contributed by atoms with E-state index < -0.39 is 0 Å². The molecule has 0 radical (unpaired) electrons. The quantitative estimate of drug-likeness (QED) is 0.867. The van der Waals surface area contributed by atoms with Crippen molar-refractivity contribution >= 4 is 23.3 Å². The number of rotatable bonds is 3. The highest BCUT2D eigenvalue weighted by Gasteiger charge is 2.20. The lowest BCUT2D eigenvalue weighted by molar-refractivity contribution is 0.551. The molecule has 0 fully saturated rings. The molecule has 0 spiro atoms. The molecule has 0 aliphatic rings. The summed E-state index contributed by atoms with van der Waals surface area (Å²) in [5.74, 6) is 1.81. The number of hydrogen-bond donors (Lipinski definition) is 0. The normalized spacial score (nSPS) is 12.1. The van der Waals surface area contributed by atoms with E-state index in [-0.39, 0.29) is 5.41 Å². The van der Waals surface area contributed by atoms with E-state index in [1.165, 1.54) is 23.3 Å². The van der Waals surface area contributed by atoms with Crippen molar-refractivity contribution in [3.8, 4) is 0 Å². The van der Waals surface area contributed by atoms with Gasteiger partial charge in [0, 0.05) is 12.0 Å². The van der Waals surface area contributed by atoms with Crippen LogP contribution in [-0.2, 0) is 12.0 Å². The molecule has 0 bridgehead atoms. The van der Waals surface area contributed by atoms with E-state index in [0.717, 1.165) is 27.7 Å². The van der Waals surface area contributed by atoms with E-state index in [1.54, 1.807) is 0 Å². The van der Waals surface area contributed by atoms with Crippen LogP contribution in [0.15, 0.2) is 9.50 Å². The molecule has 0 amide bonds. The molecule has 0 unspecified atom stereocenters. The molecule has 0 saturated carbocycles. The summed E-state index contributed by atoms with van der Waals surface area (Å²) in [5, 5.41) is 9.14. The van der Waals surface area contributed by atoms with Crippen LogP contribution in [0.5, 0.6) is 0 Å². The first-order chi connectivity index (χ1) is 8.41. The maximum absolute atomic E-state index is 4.55. The molecule has 18 heavy (non-hydrogen) atoms. The Kier molecular flexibility index (Phi) is 3.72. The fraction of sp³-hybridized carbons (Fsp3) is 0.636. The molecule has 2 heterocycles. The second kappa shape index (κ2) is 4.97. The van der Waals surface area contributed by atoms with Crippen molar-refractivity contribution in [3.05, 3.63) is 11.6 Å². The van der Waals surface area contributed by atoms with E-state index in [9.17, 15) is 0 Å². The molecule has 2 aromatic heterocycles. The van der Waals surface area contributed by atoms with E-state index in [4.69, 9.17) is 0 Å². The van der Waals surface area contributed by atoms with Gasteiger partial charge >= 0.3 is 0 Å². The Bertz CT molecular complexity index is 538. The monoisotopic (exact) mass is 283 g/mol. The number of aromatic nitrogens is 5. The lowest BCUT2D eigenvalue weighted by Gasteiger charge is -2.12. The van der Waals surface area contributed by atoms with Crippen LogP contribution in [0.25, 0.3) is 0 Å². The summed E-state index contributed by atoms with van der Waals surface area (Å²) in [6.45, 7) is 11.3. The fourth-order valence-corrected chi connectivity index (χ4v) is 3.27. The molecule has 0 N–H and O–H groups in total. The molecular weight excluding hydrogens is 266 g/mol. The summed E-state index contributed by atoms with van der Waals surface area (Å²) >= 11 is 2.95. The third-order valence-corrected chi connectivity index (χ3v) is 4.21. The van der Waals surface area contributed by atoms with Crippen LogP contribution in [-0.4, -0.2) is 24.1 Å². The van der Waals surface area contributed by atoms with E-state index >= 15 is 0 Å². The second-order valence-corrected chi connectivity index (χ2v) is 6.98. The van der Waals surface area contributed by atoms with Crippen molar-refractivity contribution in [2.24, 2.45) is 0 Å². The molecule has 0 aromatic carbocycles. The largest absolute Gasteiger partial charge is 0.306 e. The smallest absolute Gasteiger partial charge is 0.198 e. The molecule has 2 aromatic rings. The first-order valence-corrected chi connectivity index (χ1v) is 7.42. The van der Waals surface area contributed by atoms with Crippen molar-refractivity contribution in [2.45, 2.75) is 56.1 Å². The van der Waals surface area contributed by atoms with Crippen molar-refractivity contribution in [1.82, 2.24) is 24.1 Å². The lowest BCUT2D eigenvalue weighted by atomic mass is 9.96. The lowest BCUT2D eigenvalue weighted by Crippen LogP contribution is -2.12. The molecule has 0 aliphatic heterocycles. The van der Waals surface area contributed by atoms with Gasteiger partial charge in [-0.05, 0) is 37.1 Å². The summed E-state index contributed by atoms with van der Waals surface area (Å²) in [6, 6.07) is 0. The molecule has 0 atom stereocenters. The summed E-state index contributed by atoms with van der Waals surface area (Å²) < 4.78 is 7.39.